The van der Waals surface area contributed by atoms with Crippen LogP contribution in [0.15, 0.2) is 24.3 Å². The molecule has 0 aromatic heterocycles. The van der Waals surface area contributed by atoms with E-state index in [9.17, 15) is 13.2 Å². The van der Waals surface area contributed by atoms with Gasteiger partial charge in [-0.25, -0.2) is 8.42 Å². The van der Waals surface area contributed by atoms with Crippen LogP contribution in [-0.4, -0.2) is 56.4 Å². The minimum Gasteiger partial charge on any atom is -0.351 e. The van der Waals surface area contributed by atoms with Crippen molar-refractivity contribution >= 4 is 40.6 Å². The SMILES string of the molecule is CCN(CC)Cc1ccccc1CNC(=O)C1(S(C)(=O)=O)CCNCC1.Cl.Cl. The standard InChI is InChI=1S/C19H31N3O3S.2ClH/c1-4-22(5-2)15-17-9-7-6-8-16(17)14-21-18(23)19(26(3,24)25)10-12-20-13-11-19;;/h6-9,20H,4-5,10-15H2,1-3H3,(H,21,23);2*1H. The van der Waals surface area contributed by atoms with Crippen LogP contribution in [0.3, 0.4) is 0 Å². The second kappa shape index (κ2) is 12.0. The molecule has 1 heterocycles. The van der Waals surface area contributed by atoms with Crippen molar-refractivity contribution in [2.24, 2.45) is 0 Å². The quantitative estimate of drug-likeness (QED) is 0.630. The van der Waals surface area contributed by atoms with Crippen molar-refractivity contribution in [1.82, 2.24) is 15.5 Å². The van der Waals surface area contributed by atoms with Crippen LogP contribution < -0.4 is 10.6 Å². The number of hydrogen-bond acceptors (Lipinski definition) is 5. The van der Waals surface area contributed by atoms with E-state index in [4.69, 9.17) is 0 Å². The first-order valence-electron chi connectivity index (χ1n) is 9.31. The van der Waals surface area contributed by atoms with Crippen LogP contribution in [0.25, 0.3) is 0 Å². The minimum atomic E-state index is -3.49. The Bertz CT molecular complexity index is 719. The van der Waals surface area contributed by atoms with E-state index in [0.29, 0.717) is 32.5 Å². The summed E-state index contributed by atoms with van der Waals surface area (Å²) in [5.41, 5.74) is 2.19. The summed E-state index contributed by atoms with van der Waals surface area (Å²) in [6.07, 6.45) is 1.81. The lowest BCUT2D eigenvalue weighted by atomic mass is 9.95. The summed E-state index contributed by atoms with van der Waals surface area (Å²) in [6.45, 7) is 8.42. The van der Waals surface area contributed by atoms with Crippen molar-refractivity contribution in [1.29, 1.82) is 0 Å². The highest BCUT2D eigenvalue weighted by atomic mass is 35.5. The van der Waals surface area contributed by atoms with Gasteiger partial charge in [0.1, 0.15) is 0 Å². The Morgan fingerprint density at radius 2 is 1.64 bits per heavy atom. The van der Waals surface area contributed by atoms with E-state index in [-0.39, 0.29) is 30.7 Å². The predicted octanol–water partition coefficient (Wildman–Crippen LogP) is 2.16. The number of piperidine rings is 1. The van der Waals surface area contributed by atoms with Crippen molar-refractivity contribution in [3.05, 3.63) is 35.4 Å². The van der Waals surface area contributed by atoms with Crippen molar-refractivity contribution in [2.75, 3.05) is 32.4 Å². The second-order valence-corrected chi connectivity index (χ2v) is 9.26. The summed E-state index contributed by atoms with van der Waals surface area (Å²) < 4.78 is 23.4. The Balaban J connectivity index is 0.00000364. The second-order valence-electron chi connectivity index (χ2n) is 6.93. The molecule has 0 spiro atoms. The van der Waals surface area contributed by atoms with Gasteiger partial charge in [0.2, 0.25) is 5.91 Å². The van der Waals surface area contributed by atoms with Crippen molar-refractivity contribution < 1.29 is 13.2 Å². The van der Waals surface area contributed by atoms with Crippen molar-refractivity contribution in [3.63, 3.8) is 0 Å². The molecule has 1 fully saturated rings. The molecule has 1 amide bonds. The van der Waals surface area contributed by atoms with Crippen molar-refractivity contribution in [3.8, 4) is 0 Å². The van der Waals surface area contributed by atoms with Gasteiger partial charge in [-0.1, -0.05) is 38.1 Å². The molecule has 0 aliphatic carbocycles. The van der Waals surface area contributed by atoms with Gasteiger partial charge in [-0.2, -0.15) is 0 Å². The molecule has 0 unspecified atom stereocenters. The fourth-order valence-corrected chi connectivity index (χ4v) is 4.86. The minimum absolute atomic E-state index is 0. The summed E-state index contributed by atoms with van der Waals surface area (Å²) in [5.74, 6) is -0.376. The van der Waals surface area contributed by atoms with Gasteiger partial charge >= 0.3 is 0 Å². The third-order valence-corrected chi connectivity index (χ3v) is 7.39. The summed E-state index contributed by atoms with van der Waals surface area (Å²) in [5, 5.41) is 6.04. The number of carbonyl (C=O) groups is 1. The highest BCUT2D eigenvalue weighted by molar-refractivity contribution is 7.92. The first-order chi connectivity index (χ1) is 12.3. The van der Waals surface area contributed by atoms with Crippen LogP contribution >= 0.6 is 24.8 Å². The summed E-state index contributed by atoms with van der Waals surface area (Å²) in [7, 11) is -3.49. The maximum Gasteiger partial charge on any atom is 0.241 e. The fraction of sp³-hybridized carbons (Fsp3) is 0.632. The van der Waals surface area contributed by atoms with Gasteiger partial charge in [0.15, 0.2) is 14.6 Å². The van der Waals surface area contributed by atoms with Crippen LogP contribution in [0, 0.1) is 0 Å². The first-order valence-corrected chi connectivity index (χ1v) is 11.2. The van der Waals surface area contributed by atoms with E-state index >= 15 is 0 Å². The summed E-state index contributed by atoms with van der Waals surface area (Å²) >= 11 is 0. The molecule has 0 atom stereocenters. The number of nitrogens with zero attached hydrogens (tertiary/aromatic N) is 1. The third-order valence-electron chi connectivity index (χ3n) is 5.38. The van der Waals surface area contributed by atoms with Gasteiger partial charge in [-0.15, -0.1) is 24.8 Å². The largest absolute Gasteiger partial charge is 0.351 e. The Morgan fingerprint density at radius 3 is 2.14 bits per heavy atom. The average Bonchev–Trinajstić information content (AvgIpc) is 2.64. The van der Waals surface area contributed by atoms with Gasteiger partial charge in [0, 0.05) is 19.3 Å². The van der Waals surface area contributed by atoms with E-state index in [1.807, 2.05) is 18.2 Å². The Morgan fingerprint density at radius 1 is 1.11 bits per heavy atom. The fourth-order valence-electron chi connectivity index (χ4n) is 3.51. The normalized spacial score (nSPS) is 16.0. The summed E-state index contributed by atoms with van der Waals surface area (Å²) in [4.78, 5) is 15.2. The number of halogens is 2. The van der Waals surface area contributed by atoms with Gasteiger partial charge < -0.3 is 10.6 Å². The lowest BCUT2D eigenvalue weighted by molar-refractivity contribution is -0.124. The lowest BCUT2D eigenvalue weighted by Crippen LogP contribution is -2.57. The van der Waals surface area contributed by atoms with Crippen molar-refractivity contribution in [2.45, 2.75) is 44.5 Å². The van der Waals surface area contributed by atoms with E-state index in [1.54, 1.807) is 0 Å². The van der Waals surface area contributed by atoms with Gasteiger partial charge in [-0.05, 0) is 50.1 Å². The zero-order chi connectivity index (χ0) is 19.2. The number of amides is 1. The molecule has 1 aromatic rings. The number of benzene rings is 1. The van der Waals surface area contributed by atoms with Crippen LogP contribution in [0.1, 0.15) is 37.8 Å². The number of rotatable bonds is 8. The smallest absolute Gasteiger partial charge is 0.241 e. The molecule has 2 N–H and O–H groups in total. The molecule has 1 aromatic carbocycles. The molecule has 2 rings (SSSR count). The molecular formula is C19H33Cl2N3O3S. The predicted molar refractivity (Wildman–Crippen MR) is 119 cm³/mol. The number of nitrogens with one attached hydrogen (secondary N) is 2. The monoisotopic (exact) mass is 453 g/mol. The van der Waals surface area contributed by atoms with E-state index in [2.05, 4.69) is 35.4 Å². The Hall–Kier alpha value is -0.860. The molecule has 1 saturated heterocycles. The molecule has 0 radical (unpaired) electrons. The van der Waals surface area contributed by atoms with Gasteiger partial charge in [0.05, 0.1) is 0 Å². The van der Waals surface area contributed by atoms with Crippen LogP contribution in [-0.2, 0) is 27.7 Å². The maximum atomic E-state index is 12.9. The van der Waals surface area contributed by atoms with E-state index < -0.39 is 14.6 Å². The molecular weight excluding hydrogens is 421 g/mol. The van der Waals surface area contributed by atoms with E-state index in [1.165, 1.54) is 6.26 Å². The molecule has 1 aliphatic heterocycles. The highest BCUT2D eigenvalue weighted by Crippen LogP contribution is 2.28. The third kappa shape index (κ3) is 6.32. The molecule has 0 saturated carbocycles. The number of hydrogen-bond donors (Lipinski definition) is 2. The zero-order valence-corrected chi connectivity index (χ0v) is 19.3. The van der Waals surface area contributed by atoms with Crippen LogP contribution in [0.4, 0.5) is 0 Å². The van der Waals surface area contributed by atoms with Gasteiger partial charge in [-0.3, -0.25) is 9.69 Å². The number of carbonyl (C=O) groups excluding carboxylic acids is 1. The van der Waals surface area contributed by atoms with E-state index in [0.717, 1.165) is 30.8 Å². The molecule has 9 heteroatoms. The molecule has 28 heavy (non-hydrogen) atoms. The Labute approximate surface area is 181 Å². The highest BCUT2D eigenvalue weighted by Gasteiger charge is 2.48. The molecule has 162 valence electrons. The molecule has 0 bridgehead atoms. The zero-order valence-electron chi connectivity index (χ0n) is 16.9. The van der Waals surface area contributed by atoms with Gasteiger partial charge in [0.25, 0.3) is 0 Å². The average molecular weight is 454 g/mol. The van der Waals surface area contributed by atoms with Crippen LogP contribution in [0.5, 0.6) is 0 Å². The molecule has 6 nitrogen and oxygen atoms in total. The maximum absolute atomic E-state index is 12.9. The summed E-state index contributed by atoms with van der Waals surface area (Å²) in [6, 6.07) is 8.00. The first kappa shape index (κ1) is 27.1. The molecule has 1 aliphatic rings. The van der Waals surface area contributed by atoms with Crippen LogP contribution in [0.2, 0.25) is 0 Å². The number of sulfone groups is 1. The lowest BCUT2D eigenvalue weighted by Gasteiger charge is -2.34. The Kier molecular flexibility index (Phi) is 11.6. The topological polar surface area (TPSA) is 78.5 Å².